The Morgan fingerprint density at radius 2 is 2.03 bits per heavy atom. The van der Waals surface area contributed by atoms with Gasteiger partial charge in [0, 0.05) is 0 Å². The van der Waals surface area contributed by atoms with Crippen molar-refractivity contribution in [3.63, 3.8) is 0 Å². The number of thiophene rings is 1. The predicted molar refractivity (Wildman–Crippen MR) is 110 cm³/mol. The maximum Gasteiger partial charge on any atom is 0.262 e. The second-order valence-corrected chi connectivity index (χ2v) is 7.64. The fourth-order valence-corrected chi connectivity index (χ4v) is 4.16. The minimum absolute atomic E-state index is 0.195. The van der Waals surface area contributed by atoms with Gasteiger partial charge < -0.3 is 15.1 Å². The number of hydrogen-bond donors (Lipinski definition) is 2. The summed E-state index contributed by atoms with van der Waals surface area (Å²) in [5.41, 5.74) is 1.65. The SMILES string of the molecule is Cc1c(C(=O)N[C@H](C)c2ccc(F)cc2)sc2ncnc(NCc3ccco3)c12. The number of benzene rings is 1. The van der Waals surface area contributed by atoms with E-state index >= 15 is 0 Å². The first-order valence-corrected chi connectivity index (χ1v) is 9.91. The molecule has 1 amide bonds. The summed E-state index contributed by atoms with van der Waals surface area (Å²) in [6.07, 6.45) is 3.10. The second-order valence-electron chi connectivity index (χ2n) is 6.64. The van der Waals surface area contributed by atoms with Crippen LogP contribution in [0.15, 0.2) is 53.4 Å². The molecule has 0 aliphatic carbocycles. The topological polar surface area (TPSA) is 80.0 Å². The van der Waals surface area contributed by atoms with Crippen molar-refractivity contribution < 1.29 is 13.6 Å². The Morgan fingerprint density at radius 1 is 1.24 bits per heavy atom. The van der Waals surface area contributed by atoms with Crippen LogP contribution in [0.2, 0.25) is 0 Å². The molecule has 4 rings (SSSR count). The highest BCUT2D eigenvalue weighted by Gasteiger charge is 2.21. The van der Waals surface area contributed by atoms with Crippen molar-refractivity contribution in [1.82, 2.24) is 15.3 Å². The molecule has 148 valence electrons. The first-order chi connectivity index (χ1) is 14.0. The summed E-state index contributed by atoms with van der Waals surface area (Å²) in [6.45, 7) is 4.24. The van der Waals surface area contributed by atoms with Crippen molar-refractivity contribution in [2.24, 2.45) is 0 Å². The Hall–Kier alpha value is -3.26. The molecule has 3 heterocycles. The van der Waals surface area contributed by atoms with E-state index in [-0.39, 0.29) is 17.8 Å². The highest BCUT2D eigenvalue weighted by atomic mass is 32.1. The molecular weight excluding hydrogens is 391 g/mol. The zero-order chi connectivity index (χ0) is 20.4. The van der Waals surface area contributed by atoms with E-state index in [0.29, 0.717) is 17.2 Å². The van der Waals surface area contributed by atoms with Crippen molar-refractivity contribution in [3.8, 4) is 0 Å². The van der Waals surface area contributed by atoms with E-state index in [0.717, 1.165) is 27.1 Å². The van der Waals surface area contributed by atoms with Crippen molar-refractivity contribution in [2.75, 3.05) is 5.32 Å². The minimum Gasteiger partial charge on any atom is -0.467 e. The van der Waals surface area contributed by atoms with Gasteiger partial charge in [0.1, 0.15) is 28.6 Å². The zero-order valence-electron chi connectivity index (χ0n) is 15.9. The van der Waals surface area contributed by atoms with E-state index in [1.807, 2.05) is 26.0 Å². The smallest absolute Gasteiger partial charge is 0.262 e. The quantitative estimate of drug-likeness (QED) is 0.476. The molecule has 4 aromatic rings. The highest BCUT2D eigenvalue weighted by molar-refractivity contribution is 7.20. The Kier molecular flexibility index (Phi) is 5.26. The summed E-state index contributed by atoms with van der Waals surface area (Å²) >= 11 is 1.32. The number of hydrogen-bond acceptors (Lipinski definition) is 6. The number of aromatic nitrogens is 2. The number of anilines is 1. The van der Waals surface area contributed by atoms with Gasteiger partial charge in [0.25, 0.3) is 5.91 Å². The number of rotatable bonds is 6. The molecule has 0 saturated carbocycles. The van der Waals surface area contributed by atoms with Crippen LogP contribution in [-0.4, -0.2) is 15.9 Å². The summed E-state index contributed by atoms with van der Waals surface area (Å²) in [5, 5.41) is 7.05. The van der Waals surface area contributed by atoms with Crippen LogP contribution in [0.1, 0.15) is 39.5 Å². The van der Waals surface area contributed by atoms with E-state index in [1.165, 1.54) is 29.8 Å². The van der Waals surface area contributed by atoms with Crippen molar-refractivity contribution in [1.29, 1.82) is 0 Å². The predicted octanol–water partition coefficient (Wildman–Crippen LogP) is 4.83. The number of halogens is 1. The number of fused-ring (bicyclic) bond motifs is 1. The molecule has 3 aromatic heterocycles. The Balaban J connectivity index is 1.57. The lowest BCUT2D eigenvalue weighted by Crippen LogP contribution is -2.26. The molecule has 0 saturated heterocycles. The average molecular weight is 410 g/mol. The maximum atomic E-state index is 13.1. The number of nitrogens with one attached hydrogen (secondary N) is 2. The average Bonchev–Trinajstić information content (AvgIpc) is 3.35. The normalized spacial score (nSPS) is 12.1. The number of nitrogens with zero attached hydrogens (tertiary/aromatic N) is 2. The number of aryl methyl sites for hydroxylation is 1. The largest absolute Gasteiger partial charge is 0.467 e. The van der Waals surface area contributed by atoms with E-state index < -0.39 is 0 Å². The molecule has 29 heavy (non-hydrogen) atoms. The third kappa shape index (κ3) is 3.97. The fourth-order valence-electron chi connectivity index (χ4n) is 3.10. The van der Waals surface area contributed by atoms with Gasteiger partial charge >= 0.3 is 0 Å². The summed E-state index contributed by atoms with van der Waals surface area (Å²) in [6, 6.07) is 9.55. The summed E-state index contributed by atoms with van der Waals surface area (Å²) in [7, 11) is 0. The Morgan fingerprint density at radius 3 is 2.76 bits per heavy atom. The van der Waals surface area contributed by atoms with Gasteiger partial charge in [-0.2, -0.15) is 0 Å². The van der Waals surface area contributed by atoms with Crippen molar-refractivity contribution in [3.05, 3.63) is 76.6 Å². The van der Waals surface area contributed by atoms with Gasteiger partial charge in [0.05, 0.1) is 29.1 Å². The number of amides is 1. The van der Waals surface area contributed by atoms with Gasteiger partial charge in [-0.05, 0) is 49.2 Å². The summed E-state index contributed by atoms with van der Waals surface area (Å²) in [5.74, 6) is 0.946. The van der Waals surface area contributed by atoms with Crippen LogP contribution in [0.25, 0.3) is 10.2 Å². The van der Waals surface area contributed by atoms with E-state index in [9.17, 15) is 9.18 Å². The van der Waals surface area contributed by atoms with Gasteiger partial charge in [0.2, 0.25) is 0 Å². The molecule has 1 atom stereocenters. The standard InChI is InChI=1S/C21H19FN4O2S/c1-12-17-19(23-10-16-4-3-9-28-16)24-11-25-21(17)29-18(12)20(27)26-13(2)14-5-7-15(22)8-6-14/h3-9,11,13H,10H2,1-2H3,(H,26,27)(H,23,24,25)/t13-/m1/s1. The maximum absolute atomic E-state index is 13.1. The molecule has 0 fully saturated rings. The second kappa shape index (κ2) is 8.00. The van der Waals surface area contributed by atoms with Crippen molar-refractivity contribution >= 4 is 33.3 Å². The van der Waals surface area contributed by atoms with Crippen LogP contribution in [0, 0.1) is 12.7 Å². The van der Waals surface area contributed by atoms with Crippen LogP contribution < -0.4 is 10.6 Å². The van der Waals surface area contributed by atoms with E-state index in [2.05, 4.69) is 20.6 Å². The van der Waals surface area contributed by atoms with Gasteiger partial charge in [-0.3, -0.25) is 4.79 Å². The first kappa shape index (κ1) is 19.1. The monoisotopic (exact) mass is 410 g/mol. The molecule has 6 nitrogen and oxygen atoms in total. The Labute approximate surface area is 170 Å². The third-order valence-electron chi connectivity index (χ3n) is 4.66. The number of furan rings is 1. The highest BCUT2D eigenvalue weighted by Crippen LogP contribution is 2.33. The fraction of sp³-hybridized carbons (Fsp3) is 0.190. The number of carbonyl (C=O) groups excluding carboxylic acids is 1. The van der Waals surface area contributed by atoms with Crippen LogP contribution in [0.5, 0.6) is 0 Å². The number of carbonyl (C=O) groups is 1. The molecule has 0 aliphatic rings. The van der Waals surface area contributed by atoms with E-state index in [4.69, 9.17) is 4.42 Å². The molecule has 8 heteroatoms. The third-order valence-corrected chi connectivity index (χ3v) is 5.86. The molecule has 1 aromatic carbocycles. The minimum atomic E-state index is -0.305. The molecular formula is C21H19FN4O2S. The van der Waals surface area contributed by atoms with Crippen molar-refractivity contribution in [2.45, 2.75) is 26.4 Å². The van der Waals surface area contributed by atoms with E-state index in [1.54, 1.807) is 18.4 Å². The van der Waals surface area contributed by atoms with Gasteiger partial charge in [-0.1, -0.05) is 12.1 Å². The molecule has 0 bridgehead atoms. The van der Waals surface area contributed by atoms with Gasteiger partial charge in [-0.25, -0.2) is 14.4 Å². The summed E-state index contributed by atoms with van der Waals surface area (Å²) < 4.78 is 18.5. The molecule has 2 N–H and O–H groups in total. The molecule has 0 spiro atoms. The Bertz CT molecular complexity index is 1140. The molecule has 0 aliphatic heterocycles. The molecule has 0 radical (unpaired) electrons. The summed E-state index contributed by atoms with van der Waals surface area (Å²) in [4.78, 5) is 22.8. The zero-order valence-corrected chi connectivity index (χ0v) is 16.7. The first-order valence-electron chi connectivity index (χ1n) is 9.09. The van der Waals surface area contributed by atoms with Crippen LogP contribution in [0.3, 0.4) is 0 Å². The van der Waals surface area contributed by atoms with Gasteiger partial charge in [0.15, 0.2) is 0 Å². The lowest BCUT2D eigenvalue weighted by molar-refractivity contribution is 0.0943. The van der Waals surface area contributed by atoms with Crippen LogP contribution in [-0.2, 0) is 6.54 Å². The van der Waals surface area contributed by atoms with Gasteiger partial charge in [-0.15, -0.1) is 11.3 Å². The lowest BCUT2D eigenvalue weighted by Gasteiger charge is -2.14. The lowest BCUT2D eigenvalue weighted by atomic mass is 10.1. The van der Waals surface area contributed by atoms with Crippen LogP contribution >= 0.6 is 11.3 Å². The van der Waals surface area contributed by atoms with Crippen LogP contribution in [0.4, 0.5) is 10.2 Å². The molecule has 0 unspecified atom stereocenters.